The van der Waals surface area contributed by atoms with Crippen molar-refractivity contribution in [2.24, 2.45) is 29.6 Å². The third-order valence-electron chi connectivity index (χ3n) is 9.77. The maximum atomic E-state index is 6.36. The van der Waals surface area contributed by atoms with E-state index in [1.807, 2.05) is 0 Å². The highest BCUT2D eigenvalue weighted by Crippen LogP contribution is 2.41. The summed E-state index contributed by atoms with van der Waals surface area (Å²) in [7, 11) is 0. The molecule has 1 nitrogen and oxygen atoms in total. The molecule has 3 aliphatic rings. The van der Waals surface area contributed by atoms with Crippen molar-refractivity contribution in [2.75, 3.05) is 6.61 Å². The van der Waals surface area contributed by atoms with Crippen LogP contribution in [0, 0.1) is 29.6 Å². The average molecular weight is 447 g/mol. The molecule has 0 spiro atoms. The van der Waals surface area contributed by atoms with Gasteiger partial charge >= 0.3 is 0 Å². The quantitative estimate of drug-likeness (QED) is 0.241. The molecule has 0 aliphatic heterocycles. The highest BCUT2D eigenvalue weighted by atomic mass is 16.5. The summed E-state index contributed by atoms with van der Waals surface area (Å²) in [5.41, 5.74) is 0. The lowest BCUT2D eigenvalue weighted by Gasteiger charge is -2.38. The largest absolute Gasteiger partial charge is 0.378 e. The number of ether oxygens (including phenoxy) is 1. The maximum Gasteiger partial charge on any atom is 0.0575 e. The number of hydrogen-bond acceptors (Lipinski definition) is 1. The van der Waals surface area contributed by atoms with Crippen LogP contribution in [0.25, 0.3) is 0 Å². The molecule has 3 fully saturated rings. The molecule has 0 saturated heterocycles. The molecule has 0 aromatic heterocycles. The molecule has 0 N–H and O–H groups in total. The van der Waals surface area contributed by atoms with Crippen molar-refractivity contribution >= 4 is 0 Å². The van der Waals surface area contributed by atoms with Crippen LogP contribution in [-0.4, -0.2) is 12.7 Å². The minimum Gasteiger partial charge on any atom is -0.378 e. The Morgan fingerprint density at radius 1 is 0.469 bits per heavy atom. The summed E-state index contributed by atoms with van der Waals surface area (Å²) in [6, 6.07) is 0. The molecule has 0 bridgehead atoms. The van der Waals surface area contributed by atoms with Gasteiger partial charge < -0.3 is 4.74 Å². The summed E-state index contributed by atoms with van der Waals surface area (Å²) in [5, 5.41) is 0. The third-order valence-corrected chi connectivity index (χ3v) is 9.77. The second-order valence-corrected chi connectivity index (χ2v) is 12.2. The van der Waals surface area contributed by atoms with Crippen molar-refractivity contribution in [3.8, 4) is 0 Å². The summed E-state index contributed by atoms with van der Waals surface area (Å²) in [5.74, 6) is 5.20. The van der Waals surface area contributed by atoms with Gasteiger partial charge in [-0.05, 0) is 81.0 Å². The number of unbranched alkanes of at least 4 members (excludes halogenated alkanes) is 4. The molecule has 3 saturated carbocycles. The predicted molar refractivity (Wildman–Crippen MR) is 140 cm³/mol. The van der Waals surface area contributed by atoms with Gasteiger partial charge in [-0.1, -0.05) is 104 Å². The van der Waals surface area contributed by atoms with Crippen molar-refractivity contribution < 1.29 is 4.74 Å². The van der Waals surface area contributed by atoms with E-state index in [2.05, 4.69) is 13.8 Å². The van der Waals surface area contributed by atoms with E-state index in [1.54, 1.807) is 0 Å². The fourth-order valence-corrected chi connectivity index (χ4v) is 7.55. The van der Waals surface area contributed by atoms with Crippen molar-refractivity contribution in [1.82, 2.24) is 0 Å². The first kappa shape index (κ1) is 26.6. The highest BCUT2D eigenvalue weighted by molar-refractivity contribution is 4.82. The third kappa shape index (κ3) is 9.68. The van der Waals surface area contributed by atoms with Crippen LogP contribution in [0.3, 0.4) is 0 Å². The van der Waals surface area contributed by atoms with Crippen LogP contribution >= 0.6 is 0 Å². The van der Waals surface area contributed by atoms with Gasteiger partial charge in [0.05, 0.1) is 6.10 Å². The van der Waals surface area contributed by atoms with Gasteiger partial charge in [0.2, 0.25) is 0 Å². The zero-order chi connectivity index (χ0) is 22.4. The zero-order valence-corrected chi connectivity index (χ0v) is 22.1. The summed E-state index contributed by atoms with van der Waals surface area (Å²) in [4.78, 5) is 0. The standard InChI is InChI=1S/C31H58O/c1-3-5-6-7-8-11-27-17-19-29(20-18-27)30-21-23-31(24-22-30)32-25-9-12-28-15-13-26(10-4-2)14-16-28/h26-31H,3-25H2,1-2H3/t26-,27-,28-,29-,30-,31-. The van der Waals surface area contributed by atoms with Gasteiger partial charge in [0.15, 0.2) is 0 Å². The molecule has 0 heterocycles. The molecular weight excluding hydrogens is 388 g/mol. The second kappa shape index (κ2) is 15.8. The maximum absolute atomic E-state index is 6.36. The van der Waals surface area contributed by atoms with E-state index in [4.69, 9.17) is 4.74 Å². The Morgan fingerprint density at radius 2 is 0.969 bits per heavy atom. The monoisotopic (exact) mass is 446 g/mol. The van der Waals surface area contributed by atoms with Crippen molar-refractivity contribution in [2.45, 2.75) is 161 Å². The Bertz CT molecular complexity index is 435. The Kier molecular flexibility index (Phi) is 13.1. The molecule has 3 aliphatic carbocycles. The molecule has 0 radical (unpaired) electrons. The lowest BCUT2D eigenvalue weighted by molar-refractivity contribution is 0.00367. The molecule has 0 unspecified atom stereocenters. The van der Waals surface area contributed by atoms with Gasteiger partial charge in [-0.25, -0.2) is 0 Å². The Hall–Kier alpha value is -0.0400. The van der Waals surface area contributed by atoms with Crippen LogP contribution < -0.4 is 0 Å². The van der Waals surface area contributed by atoms with Crippen LogP contribution in [0.4, 0.5) is 0 Å². The highest BCUT2D eigenvalue weighted by Gasteiger charge is 2.31. The van der Waals surface area contributed by atoms with Gasteiger partial charge in [-0.15, -0.1) is 0 Å². The van der Waals surface area contributed by atoms with E-state index >= 15 is 0 Å². The summed E-state index contributed by atoms with van der Waals surface area (Å²) in [6.45, 7) is 5.70. The van der Waals surface area contributed by atoms with Gasteiger partial charge in [0.1, 0.15) is 0 Å². The van der Waals surface area contributed by atoms with Gasteiger partial charge in [-0.3, -0.25) is 0 Å². The van der Waals surface area contributed by atoms with Crippen molar-refractivity contribution in [1.29, 1.82) is 0 Å². The van der Waals surface area contributed by atoms with E-state index in [-0.39, 0.29) is 0 Å². The van der Waals surface area contributed by atoms with Crippen LogP contribution in [-0.2, 0) is 4.74 Å². The lowest BCUT2D eigenvalue weighted by atomic mass is 9.70. The van der Waals surface area contributed by atoms with Crippen molar-refractivity contribution in [3.63, 3.8) is 0 Å². The van der Waals surface area contributed by atoms with Crippen LogP contribution in [0.5, 0.6) is 0 Å². The molecule has 32 heavy (non-hydrogen) atoms. The Labute approximate surface area is 202 Å². The lowest BCUT2D eigenvalue weighted by Crippen LogP contribution is -2.28. The Morgan fingerprint density at radius 3 is 1.56 bits per heavy atom. The molecule has 0 amide bonds. The van der Waals surface area contributed by atoms with Crippen LogP contribution in [0.2, 0.25) is 0 Å². The summed E-state index contributed by atoms with van der Waals surface area (Å²) in [6.07, 6.45) is 32.7. The molecule has 188 valence electrons. The van der Waals surface area contributed by atoms with E-state index < -0.39 is 0 Å². The SMILES string of the molecule is CCCCCCC[C@H]1CC[C@H]([C@H]2CC[C@H](OCCC[C@H]3CC[C@H](CCC)CC3)CC2)CC1. The van der Waals surface area contributed by atoms with Crippen LogP contribution in [0.15, 0.2) is 0 Å². The van der Waals surface area contributed by atoms with E-state index in [1.165, 1.54) is 141 Å². The topological polar surface area (TPSA) is 9.23 Å². The first-order valence-corrected chi connectivity index (χ1v) is 15.4. The molecule has 0 aromatic rings. The summed E-state index contributed by atoms with van der Waals surface area (Å²) < 4.78 is 6.36. The first-order valence-electron chi connectivity index (χ1n) is 15.4. The zero-order valence-electron chi connectivity index (χ0n) is 22.1. The predicted octanol–water partition coefficient (Wildman–Crippen LogP) is 10.1. The van der Waals surface area contributed by atoms with E-state index in [0.29, 0.717) is 6.10 Å². The molecule has 0 atom stereocenters. The van der Waals surface area contributed by atoms with Crippen LogP contribution in [0.1, 0.15) is 155 Å². The molecule has 1 heteroatoms. The minimum atomic E-state index is 0.589. The average Bonchev–Trinajstić information content (AvgIpc) is 2.84. The molecular formula is C31H58O. The second-order valence-electron chi connectivity index (χ2n) is 12.2. The fourth-order valence-electron chi connectivity index (χ4n) is 7.55. The van der Waals surface area contributed by atoms with Gasteiger partial charge in [0, 0.05) is 6.61 Å². The fraction of sp³-hybridized carbons (Fsp3) is 1.00. The smallest absolute Gasteiger partial charge is 0.0575 e. The normalized spacial score (nSPS) is 33.9. The number of hydrogen-bond donors (Lipinski definition) is 0. The van der Waals surface area contributed by atoms with Crippen molar-refractivity contribution in [3.05, 3.63) is 0 Å². The van der Waals surface area contributed by atoms with Gasteiger partial charge in [0.25, 0.3) is 0 Å². The Balaban J connectivity index is 1.18. The van der Waals surface area contributed by atoms with Gasteiger partial charge in [-0.2, -0.15) is 0 Å². The first-order chi connectivity index (χ1) is 15.8. The van der Waals surface area contributed by atoms with E-state index in [0.717, 1.165) is 36.2 Å². The van der Waals surface area contributed by atoms with E-state index in [9.17, 15) is 0 Å². The number of rotatable bonds is 14. The summed E-state index contributed by atoms with van der Waals surface area (Å²) >= 11 is 0. The molecule has 0 aromatic carbocycles. The molecule has 3 rings (SSSR count). The minimum absolute atomic E-state index is 0.589.